The van der Waals surface area contributed by atoms with Gasteiger partial charge >= 0.3 is 0 Å². The third-order valence-electron chi connectivity index (χ3n) is 6.40. The first-order valence-corrected chi connectivity index (χ1v) is 10.1. The van der Waals surface area contributed by atoms with Crippen LogP contribution in [0.2, 0.25) is 0 Å². The number of nitrogens with two attached hydrogens (primary N) is 1. The van der Waals surface area contributed by atoms with E-state index in [4.69, 9.17) is 5.73 Å². The lowest BCUT2D eigenvalue weighted by Gasteiger charge is -2.51. The zero-order valence-electron chi connectivity index (χ0n) is 16.7. The van der Waals surface area contributed by atoms with E-state index in [1.54, 1.807) is 6.92 Å². The summed E-state index contributed by atoms with van der Waals surface area (Å²) in [6, 6.07) is 1.68. The molecule has 2 rings (SSSR count). The lowest BCUT2D eigenvalue weighted by atomic mass is 9.59. The zero-order valence-corrected chi connectivity index (χ0v) is 16.7. The maximum Gasteiger partial charge on any atom is 0.154 e. The number of aliphatic hydroxyl groups is 2. The number of carbonyl (C=O) groups excluding carboxylic acids is 1. The van der Waals surface area contributed by atoms with Crippen molar-refractivity contribution in [2.24, 2.45) is 35.3 Å². The molecule has 2 saturated carbocycles. The number of carbonyl (C=O) groups is 1. The van der Waals surface area contributed by atoms with Crippen LogP contribution >= 0.6 is 0 Å². The molecule has 5 nitrogen and oxygen atoms in total. The molecular weight excluding hydrogens is 328 g/mol. The van der Waals surface area contributed by atoms with E-state index in [9.17, 15) is 20.3 Å². The first kappa shape index (κ1) is 21.3. The third kappa shape index (κ3) is 4.85. The second-order valence-electron chi connectivity index (χ2n) is 9.68. The Labute approximate surface area is 158 Å². The van der Waals surface area contributed by atoms with E-state index in [-0.39, 0.29) is 29.5 Å². The number of hydrogen-bond donors (Lipinski definition) is 3. The minimum Gasteiger partial charge on any atom is -0.390 e. The van der Waals surface area contributed by atoms with Crippen LogP contribution in [0, 0.1) is 40.9 Å². The van der Waals surface area contributed by atoms with Gasteiger partial charge in [-0.2, -0.15) is 5.26 Å². The molecule has 148 valence electrons. The Bertz CT molecular complexity index is 552. The molecule has 0 heterocycles. The monoisotopic (exact) mass is 364 g/mol. The van der Waals surface area contributed by atoms with E-state index in [1.807, 2.05) is 6.92 Å². The normalized spacial score (nSPS) is 37.7. The number of ketones is 1. The summed E-state index contributed by atoms with van der Waals surface area (Å²) in [4.78, 5) is 13.1. The van der Waals surface area contributed by atoms with Crippen molar-refractivity contribution >= 4 is 5.78 Å². The zero-order chi connectivity index (χ0) is 19.7. The van der Waals surface area contributed by atoms with E-state index < -0.39 is 17.2 Å². The van der Waals surface area contributed by atoms with Crippen molar-refractivity contribution in [1.29, 1.82) is 5.26 Å². The van der Waals surface area contributed by atoms with Crippen molar-refractivity contribution in [3.05, 3.63) is 0 Å². The van der Waals surface area contributed by atoms with Gasteiger partial charge in [-0.25, -0.2) is 0 Å². The fraction of sp³-hybridized carbons (Fsp3) is 0.905. The van der Waals surface area contributed by atoms with Gasteiger partial charge in [0.15, 0.2) is 5.78 Å². The van der Waals surface area contributed by atoms with Crippen LogP contribution < -0.4 is 5.73 Å². The Morgan fingerprint density at radius 3 is 2.46 bits per heavy atom. The number of rotatable bonds is 7. The Hall–Kier alpha value is -0.960. The lowest BCUT2D eigenvalue weighted by molar-refractivity contribution is -0.149. The molecule has 0 amide bonds. The number of nitrogens with zero attached hydrogens (tertiary/aromatic N) is 1. The summed E-state index contributed by atoms with van der Waals surface area (Å²) in [6.07, 6.45) is 4.23. The number of Topliss-reactive ketones (excluding diaryl/α,β-unsaturated/α-hetero) is 1. The molecule has 7 unspecified atom stereocenters. The van der Waals surface area contributed by atoms with Gasteiger partial charge in [0.1, 0.15) is 0 Å². The minimum atomic E-state index is -0.929. The van der Waals surface area contributed by atoms with Crippen molar-refractivity contribution in [2.75, 3.05) is 0 Å². The molecule has 7 atom stereocenters. The van der Waals surface area contributed by atoms with Crippen molar-refractivity contribution in [3.8, 4) is 6.07 Å². The second kappa shape index (κ2) is 7.96. The third-order valence-corrected chi connectivity index (χ3v) is 6.40. The Kier molecular flexibility index (Phi) is 6.53. The van der Waals surface area contributed by atoms with Gasteiger partial charge in [0.05, 0.1) is 29.2 Å². The topological polar surface area (TPSA) is 107 Å². The van der Waals surface area contributed by atoms with E-state index in [0.29, 0.717) is 44.4 Å². The summed E-state index contributed by atoms with van der Waals surface area (Å²) < 4.78 is 0. The van der Waals surface area contributed by atoms with Crippen molar-refractivity contribution in [1.82, 2.24) is 0 Å². The van der Waals surface area contributed by atoms with Gasteiger partial charge in [0.25, 0.3) is 0 Å². The highest BCUT2D eigenvalue weighted by Gasteiger charge is 2.51. The van der Waals surface area contributed by atoms with Crippen molar-refractivity contribution in [3.63, 3.8) is 0 Å². The van der Waals surface area contributed by atoms with E-state index in [2.05, 4.69) is 19.9 Å². The Morgan fingerprint density at radius 1 is 1.31 bits per heavy atom. The van der Waals surface area contributed by atoms with Gasteiger partial charge < -0.3 is 15.9 Å². The van der Waals surface area contributed by atoms with Gasteiger partial charge in [-0.05, 0) is 63.2 Å². The van der Waals surface area contributed by atoms with Crippen LogP contribution in [0.1, 0.15) is 72.6 Å². The second-order valence-corrected chi connectivity index (χ2v) is 9.68. The van der Waals surface area contributed by atoms with Crippen LogP contribution in [0.5, 0.6) is 0 Å². The summed E-state index contributed by atoms with van der Waals surface area (Å²) in [5, 5.41) is 30.9. The van der Waals surface area contributed by atoms with Gasteiger partial charge in [0.2, 0.25) is 0 Å². The molecule has 0 aromatic rings. The molecule has 0 radical (unpaired) electrons. The smallest absolute Gasteiger partial charge is 0.154 e. The highest BCUT2D eigenvalue weighted by molar-refractivity contribution is 5.87. The van der Waals surface area contributed by atoms with E-state index >= 15 is 0 Å². The fourth-order valence-electron chi connectivity index (χ4n) is 5.66. The molecule has 0 aromatic carbocycles. The van der Waals surface area contributed by atoms with Gasteiger partial charge in [-0.3, -0.25) is 4.79 Å². The van der Waals surface area contributed by atoms with Crippen LogP contribution in [0.3, 0.4) is 0 Å². The quantitative estimate of drug-likeness (QED) is 0.644. The molecule has 2 aliphatic carbocycles. The Balaban J connectivity index is 2.11. The maximum atomic E-state index is 13.1. The summed E-state index contributed by atoms with van der Waals surface area (Å²) >= 11 is 0. The molecule has 26 heavy (non-hydrogen) atoms. The predicted molar refractivity (Wildman–Crippen MR) is 101 cm³/mol. The van der Waals surface area contributed by atoms with Gasteiger partial charge in [0, 0.05) is 12.3 Å². The average Bonchev–Trinajstić information content (AvgIpc) is 2.49. The van der Waals surface area contributed by atoms with Crippen LogP contribution in [-0.4, -0.2) is 33.2 Å². The van der Waals surface area contributed by atoms with E-state index in [0.717, 1.165) is 6.42 Å². The highest BCUT2D eigenvalue weighted by atomic mass is 16.3. The minimum absolute atomic E-state index is 0.0277. The summed E-state index contributed by atoms with van der Waals surface area (Å²) in [5.41, 5.74) is 4.62. The molecule has 0 spiro atoms. The maximum absolute atomic E-state index is 13.1. The Morgan fingerprint density at radius 2 is 1.96 bits per heavy atom. The van der Waals surface area contributed by atoms with E-state index in [1.165, 1.54) is 0 Å². The molecule has 5 heteroatoms. The number of hydrogen-bond acceptors (Lipinski definition) is 5. The van der Waals surface area contributed by atoms with Gasteiger partial charge in [-0.1, -0.05) is 20.8 Å². The molecule has 2 fully saturated rings. The molecule has 2 aliphatic rings. The molecule has 0 aromatic heterocycles. The highest BCUT2D eigenvalue weighted by Crippen LogP contribution is 2.49. The summed E-state index contributed by atoms with van der Waals surface area (Å²) in [5.74, 6) is -0.184. The molecule has 0 saturated heterocycles. The summed E-state index contributed by atoms with van der Waals surface area (Å²) in [6.45, 7) is 7.85. The number of nitriles is 1. The van der Waals surface area contributed by atoms with Crippen molar-refractivity contribution < 1.29 is 15.0 Å². The predicted octanol–water partition coefficient (Wildman–Crippen LogP) is 2.79. The first-order chi connectivity index (χ1) is 12.0. The molecule has 2 bridgehead atoms. The van der Waals surface area contributed by atoms with Crippen molar-refractivity contribution in [2.45, 2.75) is 89.9 Å². The average molecular weight is 365 g/mol. The SMILES string of the molecule is CCC(C(=O)C(N)C1CC2CC(C)(O)CC(O)(C2)C1)C(C#N)CC(C)C. The number of fused-ring (bicyclic) bond motifs is 2. The van der Waals surface area contributed by atoms with Crippen LogP contribution in [0.4, 0.5) is 0 Å². The standard InChI is InChI=1S/C21H36N2O3/c1-5-17(16(11-22)6-13(2)3)19(24)18(23)15-7-14-8-20(4,25)12-21(26,9-14)10-15/h13-18,25-26H,5-10,12,23H2,1-4H3. The molecular formula is C21H36N2O3. The van der Waals surface area contributed by atoms with Gasteiger partial charge in [-0.15, -0.1) is 0 Å². The first-order valence-electron chi connectivity index (χ1n) is 10.1. The van der Waals surface area contributed by atoms with Crippen LogP contribution in [0.15, 0.2) is 0 Å². The lowest BCUT2D eigenvalue weighted by Crippen LogP contribution is -2.55. The molecule has 4 N–H and O–H groups in total. The van der Waals surface area contributed by atoms with Crippen LogP contribution in [-0.2, 0) is 4.79 Å². The summed E-state index contributed by atoms with van der Waals surface area (Å²) in [7, 11) is 0. The largest absolute Gasteiger partial charge is 0.390 e. The fourth-order valence-corrected chi connectivity index (χ4v) is 5.66. The van der Waals surface area contributed by atoms with Crippen LogP contribution in [0.25, 0.3) is 0 Å². The molecule has 0 aliphatic heterocycles.